The second-order valence-corrected chi connectivity index (χ2v) is 7.02. The van der Waals surface area contributed by atoms with Gasteiger partial charge in [-0.2, -0.15) is 0 Å². The van der Waals surface area contributed by atoms with Crippen LogP contribution in [0, 0.1) is 6.92 Å². The van der Waals surface area contributed by atoms with Crippen LogP contribution in [0.5, 0.6) is 5.75 Å². The molecule has 0 saturated carbocycles. The van der Waals surface area contributed by atoms with Gasteiger partial charge in [-0.1, -0.05) is 60.2 Å². The summed E-state index contributed by atoms with van der Waals surface area (Å²) in [6.45, 7) is 2.46. The molecule has 4 nitrogen and oxygen atoms in total. The fourth-order valence-electron chi connectivity index (χ4n) is 3.42. The number of carbonyl (C=O) groups excluding carboxylic acids is 1. The van der Waals surface area contributed by atoms with E-state index >= 15 is 0 Å². The molecule has 1 atom stereocenters. The fraction of sp³-hybridized carbons (Fsp3) is 0.160. The first kappa shape index (κ1) is 19.0. The van der Waals surface area contributed by atoms with Crippen LogP contribution in [0.2, 0.25) is 0 Å². The summed E-state index contributed by atoms with van der Waals surface area (Å²) >= 11 is 0. The van der Waals surface area contributed by atoms with E-state index in [1.807, 2.05) is 85.8 Å². The minimum absolute atomic E-state index is 0.0937. The summed E-state index contributed by atoms with van der Waals surface area (Å²) in [5, 5.41) is 0. The molecule has 1 heterocycles. The minimum Gasteiger partial charge on any atom is -0.497 e. The van der Waals surface area contributed by atoms with Gasteiger partial charge in [-0.05, 0) is 42.3 Å². The molecule has 1 amide bonds. The maximum absolute atomic E-state index is 12.9. The molecule has 0 fully saturated rings. The number of aryl methyl sites for hydroxylation is 1. The summed E-state index contributed by atoms with van der Waals surface area (Å²) < 4.78 is 11.5. The number of rotatable bonds is 6. The number of hydrogen-bond donors (Lipinski definition) is 0. The van der Waals surface area contributed by atoms with E-state index in [0.717, 1.165) is 28.1 Å². The summed E-state index contributed by atoms with van der Waals surface area (Å²) in [7, 11) is 1.62. The molecule has 3 aromatic rings. The fourth-order valence-corrected chi connectivity index (χ4v) is 3.42. The number of anilines is 1. The Kier molecular flexibility index (Phi) is 5.45. The van der Waals surface area contributed by atoms with Crippen molar-refractivity contribution in [1.82, 2.24) is 0 Å². The molecule has 0 aliphatic carbocycles. The molecule has 1 aliphatic heterocycles. The van der Waals surface area contributed by atoms with Gasteiger partial charge >= 0.3 is 0 Å². The van der Waals surface area contributed by atoms with Crippen molar-refractivity contribution < 1.29 is 14.3 Å². The zero-order chi connectivity index (χ0) is 20.2. The van der Waals surface area contributed by atoms with Crippen LogP contribution >= 0.6 is 0 Å². The quantitative estimate of drug-likeness (QED) is 0.601. The molecule has 0 spiro atoms. The van der Waals surface area contributed by atoms with Gasteiger partial charge in [-0.25, -0.2) is 0 Å². The Hall–Kier alpha value is -3.37. The molecular formula is C25H23NO3. The third kappa shape index (κ3) is 4.08. The van der Waals surface area contributed by atoms with E-state index in [0.29, 0.717) is 6.61 Å². The Morgan fingerprint density at radius 2 is 1.59 bits per heavy atom. The van der Waals surface area contributed by atoms with Crippen molar-refractivity contribution in [3.05, 3.63) is 102 Å². The molecule has 4 heteroatoms. The Morgan fingerprint density at radius 3 is 2.24 bits per heavy atom. The van der Waals surface area contributed by atoms with Crippen LogP contribution in [0.15, 0.2) is 84.9 Å². The number of nitrogens with zero attached hydrogens (tertiary/aromatic N) is 1. The van der Waals surface area contributed by atoms with Gasteiger partial charge in [0.15, 0.2) is 6.23 Å². The first-order valence-corrected chi connectivity index (χ1v) is 9.57. The van der Waals surface area contributed by atoms with E-state index in [1.54, 1.807) is 18.1 Å². The standard InChI is InChI=1S/C25H23NO3/c1-18-8-10-20(11-9-18)23-16-24(27)26(21-12-14-22(28-2)15-13-21)25(23)29-17-19-6-4-3-5-7-19/h3-16,25H,17H2,1-2H3. The van der Waals surface area contributed by atoms with Crippen molar-refractivity contribution in [2.24, 2.45) is 0 Å². The predicted molar refractivity (Wildman–Crippen MR) is 115 cm³/mol. The summed E-state index contributed by atoms with van der Waals surface area (Å²) in [6.07, 6.45) is 1.17. The molecule has 1 aliphatic rings. The third-order valence-corrected chi connectivity index (χ3v) is 5.00. The molecule has 0 saturated heterocycles. The lowest BCUT2D eigenvalue weighted by atomic mass is 10.0. The zero-order valence-corrected chi connectivity index (χ0v) is 16.5. The highest BCUT2D eigenvalue weighted by Crippen LogP contribution is 2.34. The van der Waals surface area contributed by atoms with Crippen LogP contribution in [0.4, 0.5) is 5.69 Å². The molecule has 0 aromatic heterocycles. The monoisotopic (exact) mass is 385 g/mol. The van der Waals surface area contributed by atoms with Crippen LogP contribution in [0.3, 0.4) is 0 Å². The number of benzene rings is 3. The van der Waals surface area contributed by atoms with Gasteiger partial charge in [0.25, 0.3) is 5.91 Å². The number of carbonyl (C=O) groups is 1. The molecule has 3 aromatic carbocycles. The van der Waals surface area contributed by atoms with Gasteiger partial charge in [-0.15, -0.1) is 0 Å². The van der Waals surface area contributed by atoms with Crippen LogP contribution < -0.4 is 9.64 Å². The second kappa shape index (κ2) is 8.33. The number of methoxy groups -OCH3 is 1. The van der Waals surface area contributed by atoms with Crippen molar-refractivity contribution >= 4 is 17.2 Å². The van der Waals surface area contributed by atoms with E-state index in [4.69, 9.17) is 9.47 Å². The Bertz CT molecular complexity index is 1010. The largest absolute Gasteiger partial charge is 0.497 e. The molecule has 1 unspecified atom stereocenters. The second-order valence-electron chi connectivity index (χ2n) is 7.02. The van der Waals surface area contributed by atoms with Crippen LogP contribution in [0.25, 0.3) is 5.57 Å². The van der Waals surface area contributed by atoms with Gasteiger partial charge in [0, 0.05) is 17.3 Å². The van der Waals surface area contributed by atoms with Crippen molar-refractivity contribution in [3.63, 3.8) is 0 Å². The van der Waals surface area contributed by atoms with Crippen molar-refractivity contribution in [1.29, 1.82) is 0 Å². The van der Waals surface area contributed by atoms with E-state index < -0.39 is 6.23 Å². The average Bonchev–Trinajstić information content (AvgIpc) is 3.09. The number of hydrogen-bond acceptors (Lipinski definition) is 3. The van der Waals surface area contributed by atoms with Crippen LogP contribution in [-0.4, -0.2) is 19.2 Å². The first-order valence-electron chi connectivity index (χ1n) is 9.57. The van der Waals surface area contributed by atoms with Crippen molar-refractivity contribution in [3.8, 4) is 5.75 Å². The molecule has 29 heavy (non-hydrogen) atoms. The minimum atomic E-state index is -0.501. The predicted octanol–water partition coefficient (Wildman–Crippen LogP) is 4.98. The SMILES string of the molecule is COc1ccc(N2C(=O)C=C(c3ccc(C)cc3)C2OCc2ccccc2)cc1. The molecule has 4 rings (SSSR count). The average molecular weight is 385 g/mol. The lowest BCUT2D eigenvalue weighted by Crippen LogP contribution is -2.37. The Labute approximate surface area is 171 Å². The zero-order valence-electron chi connectivity index (χ0n) is 16.5. The van der Waals surface area contributed by atoms with Gasteiger partial charge < -0.3 is 9.47 Å². The lowest BCUT2D eigenvalue weighted by Gasteiger charge is -2.28. The smallest absolute Gasteiger partial charge is 0.253 e. The molecule has 0 radical (unpaired) electrons. The molecule has 0 bridgehead atoms. The highest BCUT2D eigenvalue weighted by atomic mass is 16.5. The molecule has 0 N–H and O–H groups in total. The van der Waals surface area contributed by atoms with Gasteiger partial charge in [-0.3, -0.25) is 9.69 Å². The molecule has 146 valence electrons. The number of amides is 1. The summed E-state index contributed by atoms with van der Waals surface area (Å²) in [5.74, 6) is 0.651. The van der Waals surface area contributed by atoms with Gasteiger partial charge in [0.2, 0.25) is 0 Å². The van der Waals surface area contributed by atoms with Crippen LogP contribution in [0.1, 0.15) is 16.7 Å². The van der Waals surface area contributed by atoms with Crippen molar-refractivity contribution in [2.75, 3.05) is 12.0 Å². The van der Waals surface area contributed by atoms with Crippen molar-refractivity contribution in [2.45, 2.75) is 19.8 Å². The van der Waals surface area contributed by atoms with E-state index in [1.165, 1.54) is 5.56 Å². The highest BCUT2D eigenvalue weighted by Gasteiger charge is 2.35. The summed E-state index contributed by atoms with van der Waals surface area (Å²) in [4.78, 5) is 14.6. The number of ether oxygens (including phenoxy) is 2. The van der Waals surface area contributed by atoms with Gasteiger partial charge in [0.05, 0.1) is 13.7 Å². The Balaban J connectivity index is 1.67. The molecular weight excluding hydrogens is 362 g/mol. The summed E-state index contributed by atoms with van der Waals surface area (Å²) in [5.41, 5.74) is 4.85. The normalized spacial score (nSPS) is 16.1. The van der Waals surface area contributed by atoms with E-state index in [2.05, 4.69) is 0 Å². The highest BCUT2D eigenvalue weighted by molar-refractivity contribution is 6.12. The van der Waals surface area contributed by atoms with Crippen LogP contribution in [-0.2, 0) is 16.1 Å². The Morgan fingerprint density at radius 1 is 0.897 bits per heavy atom. The lowest BCUT2D eigenvalue weighted by molar-refractivity contribution is -0.115. The van der Waals surface area contributed by atoms with Gasteiger partial charge in [0.1, 0.15) is 5.75 Å². The van der Waals surface area contributed by atoms with E-state index in [9.17, 15) is 4.79 Å². The summed E-state index contributed by atoms with van der Waals surface area (Å²) in [6, 6.07) is 25.6. The maximum Gasteiger partial charge on any atom is 0.253 e. The topological polar surface area (TPSA) is 38.8 Å². The first-order chi connectivity index (χ1) is 14.2. The maximum atomic E-state index is 12.9. The third-order valence-electron chi connectivity index (χ3n) is 5.00. The van der Waals surface area contributed by atoms with E-state index in [-0.39, 0.29) is 5.91 Å².